The van der Waals surface area contributed by atoms with E-state index < -0.39 is 5.41 Å². The Morgan fingerprint density at radius 2 is 2.00 bits per heavy atom. The van der Waals surface area contributed by atoms with Crippen molar-refractivity contribution < 1.29 is 14.3 Å². The van der Waals surface area contributed by atoms with Crippen molar-refractivity contribution in [3.8, 4) is 5.88 Å². The van der Waals surface area contributed by atoms with E-state index in [1.54, 1.807) is 32.9 Å². The molecule has 0 bridgehead atoms. The highest BCUT2D eigenvalue weighted by molar-refractivity contribution is 5.95. The summed E-state index contributed by atoms with van der Waals surface area (Å²) < 4.78 is 4.91. The second kappa shape index (κ2) is 6.17. The third-order valence-electron chi connectivity index (χ3n) is 2.32. The van der Waals surface area contributed by atoms with E-state index in [9.17, 15) is 9.59 Å². The zero-order valence-corrected chi connectivity index (χ0v) is 11.6. The lowest BCUT2D eigenvalue weighted by Crippen LogP contribution is -2.39. The molecule has 0 aromatic carbocycles. The lowest BCUT2D eigenvalue weighted by Gasteiger charge is -2.17. The van der Waals surface area contributed by atoms with Crippen LogP contribution < -0.4 is 15.4 Å². The van der Waals surface area contributed by atoms with Gasteiger partial charge in [-0.3, -0.25) is 9.59 Å². The number of ether oxygens (including phenoxy) is 1. The standard InChI is InChI=1S/C13H19N3O3/c1-13(2,3)12(18)15-8-10(17)16-9-5-6-11(19-4)14-7-9/h5-7H,8H2,1-4H3,(H,15,18)(H,16,17). The summed E-state index contributed by atoms with van der Waals surface area (Å²) in [7, 11) is 1.52. The topological polar surface area (TPSA) is 80.3 Å². The molecule has 6 nitrogen and oxygen atoms in total. The highest BCUT2D eigenvalue weighted by atomic mass is 16.5. The fraction of sp³-hybridized carbons (Fsp3) is 0.462. The molecule has 0 radical (unpaired) electrons. The highest BCUT2D eigenvalue weighted by Gasteiger charge is 2.21. The molecule has 0 unspecified atom stereocenters. The van der Waals surface area contributed by atoms with Crippen LogP contribution in [-0.4, -0.2) is 30.5 Å². The molecule has 104 valence electrons. The Kier molecular flexibility index (Phi) is 4.86. The van der Waals surface area contributed by atoms with Gasteiger partial charge in [-0.05, 0) is 6.07 Å². The summed E-state index contributed by atoms with van der Waals surface area (Å²) in [5.41, 5.74) is 0.0397. The summed E-state index contributed by atoms with van der Waals surface area (Å²) in [6.45, 7) is 5.29. The summed E-state index contributed by atoms with van der Waals surface area (Å²) >= 11 is 0. The second-order valence-electron chi connectivity index (χ2n) is 5.07. The van der Waals surface area contributed by atoms with Crippen LogP contribution in [0, 0.1) is 5.41 Å². The Morgan fingerprint density at radius 1 is 1.32 bits per heavy atom. The predicted molar refractivity (Wildman–Crippen MR) is 71.9 cm³/mol. The molecule has 0 aliphatic heterocycles. The molecule has 6 heteroatoms. The van der Waals surface area contributed by atoms with E-state index in [0.29, 0.717) is 11.6 Å². The molecule has 0 aliphatic rings. The zero-order valence-electron chi connectivity index (χ0n) is 11.6. The number of nitrogens with one attached hydrogen (secondary N) is 2. The zero-order chi connectivity index (χ0) is 14.5. The van der Waals surface area contributed by atoms with Crippen molar-refractivity contribution in [2.24, 2.45) is 5.41 Å². The van der Waals surface area contributed by atoms with E-state index in [1.165, 1.54) is 13.3 Å². The van der Waals surface area contributed by atoms with Crippen LogP contribution in [0.4, 0.5) is 5.69 Å². The first kappa shape index (κ1) is 14.9. The van der Waals surface area contributed by atoms with Crippen molar-refractivity contribution in [2.75, 3.05) is 19.0 Å². The normalized spacial score (nSPS) is 10.7. The van der Waals surface area contributed by atoms with Crippen LogP contribution in [0.15, 0.2) is 18.3 Å². The number of hydrogen-bond acceptors (Lipinski definition) is 4. The number of anilines is 1. The molecule has 19 heavy (non-hydrogen) atoms. The SMILES string of the molecule is COc1ccc(NC(=O)CNC(=O)C(C)(C)C)cn1. The van der Waals surface area contributed by atoms with E-state index in [2.05, 4.69) is 15.6 Å². The van der Waals surface area contributed by atoms with Crippen LogP contribution in [0.1, 0.15) is 20.8 Å². The maximum Gasteiger partial charge on any atom is 0.243 e. The van der Waals surface area contributed by atoms with Gasteiger partial charge < -0.3 is 15.4 Å². The minimum Gasteiger partial charge on any atom is -0.481 e. The van der Waals surface area contributed by atoms with E-state index >= 15 is 0 Å². The van der Waals surface area contributed by atoms with E-state index in [1.807, 2.05) is 0 Å². The molecule has 1 aromatic rings. The molecule has 1 aromatic heterocycles. The van der Waals surface area contributed by atoms with Crippen LogP contribution in [-0.2, 0) is 9.59 Å². The number of hydrogen-bond donors (Lipinski definition) is 2. The average molecular weight is 265 g/mol. The molecule has 2 amide bonds. The van der Waals surface area contributed by atoms with Gasteiger partial charge in [-0.2, -0.15) is 0 Å². The van der Waals surface area contributed by atoms with Gasteiger partial charge in [0.25, 0.3) is 0 Å². The predicted octanol–water partition coefficient (Wildman–Crippen LogP) is 1.19. The number of carbonyl (C=O) groups is 2. The molecule has 1 heterocycles. The largest absolute Gasteiger partial charge is 0.481 e. The van der Waals surface area contributed by atoms with Crippen molar-refractivity contribution >= 4 is 17.5 Å². The number of methoxy groups -OCH3 is 1. The molecule has 0 spiro atoms. The van der Waals surface area contributed by atoms with Crippen molar-refractivity contribution in [1.29, 1.82) is 0 Å². The second-order valence-corrected chi connectivity index (χ2v) is 5.07. The van der Waals surface area contributed by atoms with Crippen LogP contribution >= 0.6 is 0 Å². The maximum absolute atomic E-state index is 11.6. The minimum atomic E-state index is -0.512. The molecule has 0 saturated heterocycles. The number of aromatic nitrogens is 1. The first-order valence-electron chi connectivity index (χ1n) is 5.91. The van der Waals surface area contributed by atoms with Crippen LogP contribution in [0.3, 0.4) is 0 Å². The van der Waals surface area contributed by atoms with Crippen molar-refractivity contribution in [3.05, 3.63) is 18.3 Å². The Balaban J connectivity index is 2.45. The monoisotopic (exact) mass is 265 g/mol. The van der Waals surface area contributed by atoms with Gasteiger partial charge in [0, 0.05) is 11.5 Å². The Labute approximate surface area is 112 Å². The van der Waals surface area contributed by atoms with E-state index in [4.69, 9.17) is 4.74 Å². The summed E-state index contributed by atoms with van der Waals surface area (Å²) in [4.78, 5) is 27.2. The number of amides is 2. The molecule has 0 saturated carbocycles. The average Bonchev–Trinajstić information content (AvgIpc) is 2.35. The van der Waals surface area contributed by atoms with Gasteiger partial charge in [0.15, 0.2) is 0 Å². The first-order valence-corrected chi connectivity index (χ1v) is 5.91. The molecule has 0 atom stereocenters. The fourth-order valence-electron chi connectivity index (χ4n) is 1.21. The Bertz CT molecular complexity index is 449. The number of rotatable bonds is 4. The summed E-state index contributed by atoms with van der Waals surface area (Å²) in [6.07, 6.45) is 1.49. The lowest BCUT2D eigenvalue weighted by atomic mass is 9.96. The van der Waals surface area contributed by atoms with Crippen LogP contribution in [0.25, 0.3) is 0 Å². The molecule has 0 aliphatic carbocycles. The Morgan fingerprint density at radius 3 is 2.47 bits per heavy atom. The van der Waals surface area contributed by atoms with Gasteiger partial charge in [-0.25, -0.2) is 4.98 Å². The van der Waals surface area contributed by atoms with Gasteiger partial charge >= 0.3 is 0 Å². The minimum absolute atomic E-state index is 0.0673. The smallest absolute Gasteiger partial charge is 0.243 e. The molecule has 1 rings (SSSR count). The maximum atomic E-state index is 11.6. The van der Waals surface area contributed by atoms with E-state index in [0.717, 1.165) is 0 Å². The third-order valence-corrected chi connectivity index (χ3v) is 2.32. The van der Waals surface area contributed by atoms with Crippen LogP contribution in [0.2, 0.25) is 0 Å². The van der Waals surface area contributed by atoms with Crippen molar-refractivity contribution in [1.82, 2.24) is 10.3 Å². The van der Waals surface area contributed by atoms with Crippen LogP contribution in [0.5, 0.6) is 5.88 Å². The summed E-state index contributed by atoms with van der Waals surface area (Å²) in [6, 6.07) is 3.32. The van der Waals surface area contributed by atoms with Gasteiger partial charge in [0.1, 0.15) is 0 Å². The van der Waals surface area contributed by atoms with Gasteiger partial charge in [0.2, 0.25) is 17.7 Å². The van der Waals surface area contributed by atoms with E-state index in [-0.39, 0.29) is 18.4 Å². The molecular formula is C13H19N3O3. The lowest BCUT2D eigenvalue weighted by molar-refractivity contribution is -0.130. The number of nitrogens with zero attached hydrogens (tertiary/aromatic N) is 1. The molecule has 0 fully saturated rings. The van der Waals surface area contributed by atoms with Gasteiger partial charge in [0.05, 0.1) is 25.5 Å². The third kappa shape index (κ3) is 4.95. The number of pyridine rings is 1. The van der Waals surface area contributed by atoms with Gasteiger partial charge in [-0.1, -0.05) is 20.8 Å². The molecule has 2 N–H and O–H groups in total. The summed E-state index contributed by atoms with van der Waals surface area (Å²) in [5.74, 6) is -0.000827. The molecular weight excluding hydrogens is 246 g/mol. The Hall–Kier alpha value is -2.11. The van der Waals surface area contributed by atoms with Crippen molar-refractivity contribution in [2.45, 2.75) is 20.8 Å². The summed E-state index contributed by atoms with van der Waals surface area (Å²) in [5, 5.41) is 5.20. The quantitative estimate of drug-likeness (QED) is 0.857. The highest BCUT2D eigenvalue weighted by Crippen LogP contribution is 2.12. The first-order chi connectivity index (χ1) is 8.82. The van der Waals surface area contributed by atoms with Gasteiger partial charge in [-0.15, -0.1) is 0 Å². The van der Waals surface area contributed by atoms with Crippen molar-refractivity contribution in [3.63, 3.8) is 0 Å². The fourth-order valence-corrected chi connectivity index (χ4v) is 1.21. The number of carbonyl (C=O) groups excluding carboxylic acids is 2.